The molecule has 1 fully saturated rings. The summed E-state index contributed by atoms with van der Waals surface area (Å²) in [7, 11) is 0. The lowest BCUT2D eigenvalue weighted by Crippen LogP contribution is -2.29. The van der Waals surface area contributed by atoms with Gasteiger partial charge in [0.05, 0.1) is 0 Å². The van der Waals surface area contributed by atoms with Gasteiger partial charge in [-0.15, -0.1) is 0 Å². The highest BCUT2D eigenvalue weighted by molar-refractivity contribution is 5.29. The van der Waals surface area contributed by atoms with Crippen LogP contribution >= 0.6 is 0 Å². The van der Waals surface area contributed by atoms with Crippen LogP contribution in [0.3, 0.4) is 0 Å². The van der Waals surface area contributed by atoms with Crippen LogP contribution in [-0.4, -0.2) is 12.1 Å². The molecule has 0 saturated carbocycles. The summed E-state index contributed by atoms with van der Waals surface area (Å²) in [6.07, 6.45) is 12.0. The maximum atomic E-state index is 3.76. The highest BCUT2D eigenvalue weighted by Gasteiger charge is 2.23. The van der Waals surface area contributed by atoms with Crippen molar-refractivity contribution in [2.45, 2.75) is 45.2 Å². The van der Waals surface area contributed by atoms with Gasteiger partial charge in [-0.2, -0.15) is 0 Å². The molecule has 2 atom stereocenters. The highest BCUT2D eigenvalue weighted by Crippen LogP contribution is 2.21. The molecular weight excluding hydrogens is 170 g/mol. The first-order valence-corrected chi connectivity index (χ1v) is 5.53. The second-order valence-corrected chi connectivity index (χ2v) is 3.80. The molecule has 1 saturated heterocycles. The van der Waals surface area contributed by atoms with E-state index in [1.165, 1.54) is 24.8 Å². The lowest BCUT2D eigenvalue weighted by molar-refractivity contribution is 0.560. The van der Waals surface area contributed by atoms with Crippen LogP contribution in [0, 0.1) is 0 Å². The fraction of sp³-hybridized carbons (Fsp3) is 0.538. The minimum atomic E-state index is 0.536. The van der Waals surface area contributed by atoms with Crippen LogP contribution in [-0.2, 0) is 0 Å². The number of allylic oxidation sites excluding steroid dienone is 3. The molecule has 78 valence electrons. The van der Waals surface area contributed by atoms with Crippen molar-refractivity contribution >= 4 is 0 Å². The second kappa shape index (κ2) is 5.82. The summed E-state index contributed by atoms with van der Waals surface area (Å²) in [5.41, 5.74) is 1.36. The highest BCUT2D eigenvalue weighted by atomic mass is 15.0. The van der Waals surface area contributed by atoms with E-state index < -0.39 is 0 Å². The van der Waals surface area contributed by atoms with Crippen LogP contribution in [0.4, 0.5) is 0 Å². The van der Waals surface area contributed by atoms with E-state index in [1.54, 1.807) is 0 Å². The van der Waals surface area contributed by atoms with Gasteiger partial charge in [-0.05, 0) is 31.8 Å². The first kappa shape index (κ1) is 11.3. The zero-order valence-corrected chi connectivity index (χ0v) is 9.29. The van der Waals surface area contributed by atoms with Crippen molar-refractivity contribution in [3.05, 3.63) is 36.5 Å². The Morgan fingerprint density at radius 2 is 2.29 bits per heavy atom. The van der Waals surface area contributed by atoms with Crippen LogP contribution in [0.1, 0.15) is 33.1 Å². The zero-order valence-electron chi connectivity index (χ0n) is 9.29. The number of hydrogen-bond acceptors (Lipinski definition) is 1. The molecular formula is C13H21N. The Labute approximate surface area is 87.6 Å². The van der Waals surface area contributed by atoms with Crippen molar-refractivity contribution in [3.8, 4) is 0 Å². The first-order valence-electron chi connectivity index (χ1n) is 5.53. The SMILES string of the molecule is C=C/C=C(\C=C/C)C1CCC(CC)N1. The third-order valence-electron chi connectivity index (χ3n) is 2.81. The summed E-state index contributed by atoms with van der Waals surface area (Å²) in [5.74, 6) is 0. The molecule has 0 radical (unpaired) electrons. The zero-order chi connectivity index (χ0) is 10.4. The maximum absolute atomic E-state index is 3.76. The van der Waals surface area contributed by atoms with E-state index in [1.807, 2.05) is 6.08 Å². The molecule has 1 heterocycles. The molecule has 1 heteroatoms. The van der Waals surface area contributed by atoms with E-state index in [0.717, 1.165) is 0 Å². The lowest BCUT2D eigenvalue weighted by atomic mass is 10.0. The summed E-state index contributed by atoms with van der Waals surface area (Å²) in [6, 6.07) is 1.24. The molecule has 1 aliphatic rings. The molecule has 14 heavy (non-hydrogen) atoms. The average molecular weight is 191 g/mol. The van der Waals surface area contributed by atoms with Crippen molar-refractivity contribution in [1.82, 2.24) is 5.32 Å². The van der Waals surface area contributed by atoms with Crippen LogP contribution in [0.2, 0.25) is 0 Å². The van der Waals surface area contributed by atoms with Gasteiger partial charge in [0, 0.05) is 12.1 Å². The van der Waals surface area contributed by atoms with E-state index in [4.69, 9.17) is 0 Å². The molecule has 1 nitrogen and oxygen atoms in total. The summed E-state index contributed by atoms with van der Waals surface area (Å²) >= 11 is 0. The molecule has 0 aliphatic carbocycles. The van der Waals surface area contributed by atoms with Gasteiger partial charge < -0.3 is 5.32 Å². The van der Waals surface area contributed by atoms with Crippen molar-refractivity contribution in [2.24, 2.45) is 0 Å². The van der Waals surface area contributed by atoms with Gasteiger partial charge in [0.15, 0.2) is 0 Å². The Morgan fingerprint density at radius 3 is 2.79 bits per heavy atom. The molecule has 2 unspecified atom stereocenters. The van der Waals surface area contributed by atoms with E-state index in [0.29, 0.717) is 12.1 Å². The molecule has 0 amide bonds. The molecule has 0 aromatic heterocycles. The van der Waals surface area contributed by atoms with Gasteiger partial charge in [0.25, 0.3) is 0 Å². The fourth-order valence-electron chi connectivity index (χ4n) is 2.02. The Morgan fingerprint density at radius 1 is 1.50 bits per heavy atom. The van der Waals surface area contributed by atoms with E-state index in [9.17, 15) is 0 Å². The number of rotatable bonds is 4. The molecule has 0 spiro atoms. The third kappa shape index (κ3) is 2.85. The quantitative estimate of drug-likeness (QED) is 0.673. The predicted molar refractivity (Wildman–Crippen MR) is 63.3 cm³/mol. The van der Waals surface area contributed by atoms with Gasteiger partial charge in [0.1, 0.15) is 0 Å². The van der Waals surface area contributed by atoms with Crippen LogP contribution in [0.15, 0.2) is 36.5 Å². The standard InChI is InChI=1S/C13H21N/c1-4-7-11(8-5-2)13-10-9-12(6-3)14-13/h4-5,7-8,12-14H,1,6,9-10H2,2-3H3/b8-5-,11-7+. The predicted octanol–water partition coefficient (Wildman–Crippen LogP) is 3.21. The number of nitrogens with one attached hydrogen (secondary N) is 1. The topological polar surface area (TPSA) is 12.0 Å². The Hall–Kier alpha value is -0.820. The molecule has 0 aromatic carbocycles. The second-order valence-electron chi connectivity index (χ2n) is 3.80. The minimum absolute atomic E-state index is 0.536. The molecule has 1 aliphatic heterocycles. The van der Waals surface area contributed by atoms with Crippen molar-refractivity contribution in [1.29, 1.82) is 0 Å². The summed E-state index contributed by atoms with van der Waals surface area (Å²) in [5, 5.41) is 3.64. The third-order valence-corrected chi connectivity index (χ3v) is 2.81. The van der Waals surface area contributed by atoms with Gasteiger partial charge in [-0.1, -0.05) is 37.8 Å². The van der Waals surface area contributed by atoms with E-state index in [2.05, 4.69) is 44.0 Å². The van der Waals surface area contributed by atoms with Crippen molar-refractivity contribution < 1.29 is 0 Å². The molecule has 0 bridgehead atoms. The largest absolute Gasteiger partial charge is 0.307 e. The van der Waals surface area contributed by atoms with Crippen molar-refractivity contribution in [2.75, 3.05) is 0 Å². The normalized spacial score (nSPS) is 28.6. The Balaban J connectivity index is 2.62. The minimum Gasteiger partial charge on any atom is -0.307 e. The smallest absolute Gasteiger partial charge is 0.0323 e. The van der Waals surface area contributed by atoms with Crippen LogP contribution < -0.4 is 5.32 Å². The maximum Gasteiger partial charge on any atom is 0.0323 e. The fourth-order valence-corrected chi connectivity index (χ4v) is 2.02. The van der Waals surface area contributed by atoms with Gasteiger partial charge in [0.2, 0.25) is 0 Å². The monoisotopic (exact) mass is 191 g/mol. The van der Waals surface area contributed by atoms with Crippen molar-refractivity contribution in [3.63, 3.8) is 0 Å². The van der Waals surface area contributed by atoms with Gasteiger partial charge in [-0.3, -0.25) is 0 Å². The van der Waals surface area contributed by atoms with E-state index in [-0.39, 0.29) is 0 Å². The summed E-state index contributed by atoms with van der Waals surface area (Å²) in [4.78, 5) is 0. The first-order chi connectivity index (χ1) is 6.81. The lowest BCUT2D eigenvalue weighted by Gasteiger charge is -2.13. The van der Waals surface area contributed by atoms with Crippen LogP contribution in [0.5, 0.6) is 0 Å². The Kier molecular flexibility index (Phi) is 4.68. The summed E-state index contributed by atoms with van der Waals surface area (Å²) in [6.45, 7) is 8.06. The van der Waals surface area contributed by atoms with Gasteiger partial charge in [-0.25, -0.2) is 0 Å². The average Bonchev–Trinajstić information content (AvgIpc) is 2.65. The molecule has 1 N–H and O–H groups in total. The molecule has 0 aromatic rings. The number of hydrogen-bond donors (Lipinski definition) is 1. The Bertz CT molecular complexity index is 238. The van der Waals surface area contributed by atoms with E-state index >= 15 is 0 Å². The molecule has 1 rings (SSSR count). The van der Waals surface area contributed by atoms with Gasteiger partial charge >= 0.3 is 0 Å². The summed E-state index contributed by atoms with van der Waals surface area (Å²) < 4.78 is 0. The van der Waals surface area contributed by atoms with Crippen LogP contribution in [0.25, 0.3) is 0 Å².